The smallest absolute Gasteiger partial charge is 0.124 e. The molecule has 92 valence electrons. The summed E-state index contributed by atoms with van der Waals surface area (Å²) in [6, 6.07) is 0. The van der Waals surface area contributed by atoms with Gasteiger partial charge in [-0.1, -0.05) is 0 Å². The van der Waals surface area contributed by atoms with Crippen LogP contribution in [-0.4, -0.2) is 34.9 Å². The normalized spacial score (nSPS) is 11.2. The summed E-state index contributed by atoms with van der Waals surface area (Å²) in [5.74, 6) is 0.908. The molecule has 0 spiro atoms. The van der Waals surface area contributed by atoms with Gasteiger partial charge in [0.2, 0.25) is 0 Å². The highest BCUT2D eigenvalue weighted by atomic mass is 79.9. The Hall–Kier alpha value is -0.980. The van der Waals surface area contributed by atoms with Crippen LogP contribution in [0.25, 0.3) is 11.0 Å². The highest BCUT2D eigenvalue weighted by Gasteiger charge is 2.10. The van der Waals surface area contributed by atoms with Gasteiger partial charge < -0.3 is 14.0 Å². The van der Waals surface area contributed by atoms with Crippen molar-refractivity contribution in [2.24, 2.45) is 0 Å². The standard InChI is InChI=1S/C11H14BrN3O2/c1-8-14-10-6-13-5-9(12)11(10)15(8)7-17-4-3-16-2/h5-6H,3-4,7H2,1-2H3. The molecule has 2 aromatic heterocycles. The predicted octanol–water partition coefficient (Wildman–Crippen LogP) is 2.12. The van der Waals surface area contributed by atoms with Crippen LogP contribution in [0.2, 0.25) is 0 Å². The van der Waals surface area contributed by atoms with E-state index in [1.54, 1.807) is 19.5 Å². The highest BCUT2D eigenvalue weighted by Crippen LogP contribution is 2.23. The zero-order valence-electron chi connectivity index (χ0n) is 9.81. The fourth-order valence-corrected chi connectivity index (χ4v) is 2.15. The van der Waals surface area contributed by atoms with E-state index in [1.165, 1.54) is 0 Å². The number of pyridine rings is 1. The van der Waals surface area contributed by atoms with E-state index in [0.717, 1.165) is 21.3 Å². The molecule has 0 atom stereocenters. The summed E-state index contributed by atoms with van der Waals surface area (Å²) >= 11 is 3.48. The van der Waals surface area contributed by atoms with Gasteiger partial charge in [0.1, 0.15) is 18.1 Å². The van der Waals surface area contributed by atoms with Gasteiger partial charge in [-0.3, -0.25) is 4.98 Å². The third-order valence-electron chi connectivity index (χ3n) is 2.45. The predicted molar refractivity (Wildman–Crippen MR) is 67.8 cm³/mol. The summed E-state index contributed by atoms with van der Waals surface area (Å²) in [5, 5.41) is 0. The van der Waals surface area contributed by atoms with Gasteiger partial charge in [0.15, 0.2) is 0 Å². The topological polar surface area (TPSA) is 49.2 Å². The van der Waals surface area contributed by atoms with Gasteiger partial charge in [0.25, 0.3) is 0 Å². The van der Waals surface area contributed by atoms with E-state index >= 15 is 0 Å². The monoisotopic (exact) mass is 299 g/mol. The molecule has 0 bridgehead atoms. The molecule has 2 rings (SSSR count). The van der Waals surface area contributed by atoms with Gasteiger partial charge >= 0.3 is 0 Å². The van der Waals surface area contributed by atoms with E-state index in [-0.39, 0.29) is 0 Å². The summed E-state index contributed by atoms with van der Waals surface area (Å²) in [5.41, 5.74) is 1.88. The number of hydrogen-bond donors (Lipinski definition) is 0. The van der Waals surface area contributed by atoms with Crippen molar-refractivity contribution in [3.63, 3.8) is 0 Å². The van der Waals surface area contributed by atoms with Crippen LogP contribution in [-0.2, 0) is 16.2 Å². The second-order valence-corrected chi connectivity index (χ2v) is 4.46. The molecule has 17 heavy (non-hydrogen) atoms. The van der Waals surface area contributed by atoms with E-state index in [9.17, 15) is 0 Å². The molecule has 0 radical (unpaired) electrons. The van der Waals surface area contributed by atoms with Crippen LogP contribution in [0.15, 0.2) is 16.9 Å². The number of hydrogen-bond acceptors (Lipinski definition) is 4. The van der Waals surface area contributed by atoms with Crippen molar-refractivity contribution in [3.8, 4) is 0 Å². The number of imidazole rings is 1. The molecular weight excluding hydrogens is 286 g/mol. The van der Waals surface area contributed by atoms with E-state index in [2.05, 4.69) is 25.9 Å². The summed E-state index contributed by atoms with van der Waals surface area (Å²) in [7, 11) is 1.66. The third-order valence-corrected chi connectivity index (χ3v) is 3.03. The van der Waals surface area contributed by atoms with Crippen molar-refractivity contribution >= 4 is 27.0 Å². The van der Waals surface area contributed by atoms with Crippen LogP contribution < -0.4 is 0 Å². The molecular formula is C11H14BrN3O2. The maximum absolute atomic E-state index is 5.52. The molecule has 0 aromatic carbocycles. The second kappa shape index (κ2) is 5.57. The van der Waals surface area contributed by atoms with Gasteiger partial charge in [0.05, 0.1) is 29.4 Å². The lowest BCUT2D eigenvalue weighted by Crippen LogP contribution is -2.08. The highest BCUT2D eigenvalue weighted by molar-refractivity contribution is 9.10. The molecule has 5 nitrogen and oxygen atoms in total. The maximum atomic E-state index is 5.52. The van der Waals surface area contributed by atoms with Gasteiger partial charge in [-0.2, -0.15) is 0 Å². The number of ether oxygens (including phenoxy) is 2. The van der Waals surface area contributed by atoms with Crippen molar-refractivity contribution < 1.29 is 9.47 Å². The fourth-order valence-electron chi connectivity index (χ4n) is 1.62. The summed E-state index contributed by atoms with van der Waals surface area (Å²) < 4.78 is 13.4. The summed E-state index contributed by atoms with van der Waals surface area (Å²) in [6.45, 7) is 3.58. The molecule has 0 fully saturated rings. The lowest BCUT2D eigenvalue weighted by atomic mass is 10.4. The lowest BCUT2D eigenvalue weighted by molar-refractivity contribution is 0.0350. The van der Waals surface area contributed by atoms with Crippen molar-refractivity contribution in [2.45, 2.75) is 13.7 Å². The molecule has 0 saturated heterocycles. The first-order valence-electron chi connectivity index (χ1n) is 5.27. The van der Waals surface area contributed by atoms with Crippen LogP contribution in [0.5, 0.6) is 0 Å². The van der Waals surface area contributed by atoms with Crippen molar-refractivity contribution in [1.82, 2.24) is 14.5 Å². The average molecular weight is 300 g/mol. The van der Waals surface area contributed by atoms with Crippen LogP contribution in [0, 0.1) is 6.92 Å². The minimum atomic E-state index is 0.467. The number of fused-ring (bicyclic) bond motifs is 1. The van der Waals surface area contributed by atoms with Crippen molar-refractivity contribution in [2.75, 3.05) is 20.3 Å². The molecule has 0 aliphatic carbocycles. The van der Waals surface area contributed by atoms with Crippen molar-refractivity contribution in [3.05, 3.63) is 22.7 Å². The first-order valence-corrected chi connectivity index (χ1v) is 6.06. The number of nitrogens with zero attached hydrogens (tertiary/aromatic N) is 3. The Balaban J connectivity index is 2.23. The van der Waals surface area contributed by atoms with Gasteiger partial charge in [-0.15, -0.1) is 0 Å². The van der Waals surface area contributed by atoms with Gasteiger partial charge in [0, 0.05) is 13.3 Å². The zero-order chi connectivity index (χ0) is 12.3. The Morgan fingerprint density at radius 2 is 2.18 bits per heavy atom. The first-order chi connectivity index (χ1) is 8.24. The Morgan fingerprint density at radius 1 is 1.35 bits per heavy atom. The SMILES string of the molecule is COCCOCn1c(C)nc2cncc(Br)c21. The maximum Gasteiger partial charge on any atom is 0.124 e. The lowest BCUT2D eigenvalue weighted by Gasteiger charge is -2.08. The van der Waals surface area contributed by atoms with E-state index in [1.807, 2.05) is 11.5 Å². The zero-order valence-corrected chi connectivity index (χ0v) is 11.4. The number of methoxy groups -OCH3 is 1. The Morgan fingerprint density at radius 3 is 2.94 bits per heavy atom. The number of aryl methyl sites for hydroxylation is 1. The second-order valence-electron chi connectivity index (χ2n) is 3.61. The van der Waals surface area contributed by atoms with E-state index in [0.29, 0.717) is 19.9 Å². The number of aromatic nitrogens is 3. The molecule has 0 N–H and O–H groups in total. The van der Waals surface area contributed by atoms with Crippen LogP contribution in [0.1, 0.15) is 5.82 Å². The van der Waals surface area contributed by atoms with Gasteiger partial charge in [-0.25, -0.2) is 4.98 Å². The van der Waals surface area contributed by atoms with E-state index < -0.39 is 0 Å². The van der Waals surface area contributed by atoms with Gasteiger partial charge in [-0.05, 0) is 22.9 Å². The number of rotatable bonds is 5. The minimum absolute atomic E-state index is 0.467. The molecule has 0 aliphatic rings. The molecule has 2 aromatic rings. The first kappa shape index (κ1) is 12.5. The van der Waals surface area contributed by atoms with Crippen LogP contribution in [0.4, 0.5) is 0 Å². The molecule has 0 aliphatic heterocycles. The molecule has 6 heteroatoms. The third kappa shape index (κ3) is 2.65. The van der Waals surface area contributed by atoms with Crippen LogP contribution in [0.3, 0.4) is 0 Å². The molecule has 0 amide bonds. The van der Waals surface area contributed by atoms with Crippen LogP contribution >= 0.6 is 15.9 Å². The largest absolute Gasteiger partial charge is 0.382 e. The fraction of sp³-hybridized carbons (Fsp3) is 0.455. The Bertz CT molecular complexity index is 513. The summed E-state index contributed by atoms with van der Waals surface area (Å²) in [4.78, 5) is 8.53. The average Bonchev–Trinajstić information content (AvgIpc) is 2.62. The quantitative estimate of drug-likeness (QED) is 0.794. The molecule has 2 heterocycles. The molecule has 0 unspecified atom stereocenters. The Kier molecular flexibility index (Phi) is 4.09. The van der Waals surface area contributed by atoms with E-state index in [4.69, 9.17) is 9.47 Å². The number of halogens is 1. The minimum Gasteiger partial charge on any atom is -0.382 e. The Labute approximate surface area is 108 Å². The molecule has 0 saturated carbocycles. The summed E-state index contributed by atoms with van der Waals surface area (Å²) in [6.07, 6.45) is 3.51. The van der Waals surface area contributed by atoms with Crippen molar-refractivity contribution in [1.29, 1.82) is 0 Å².